The van der Waals surface area contributed by atoms with Gasteiger partial charge in [0.2, 0.25) is 11.9 Å². The fraction of sp³-hybridized carbons (Fsp3) is 0.240. The lowest BCUT2D eigenvalue weighted by atomic mass is 10.1. The van der Waals surface area contributed by atoms with Crippen molar-refractivity contribution in [2.75, 3.05) is 17.2 Å². The van der Waals surface area contributed by atoms with Gasteiger partial charge in [-0.05, 0) is 49.9 Å². The van der Waals surface area contributed by atoms with Gasteiger partial charge in [0.1, 0.15) is 5.82 Å². The standard InChI is InChI=1S/C25H25FN6O/c1-15-11-18-19(23(27)33)12-17(26)13-21(18)32(15)25-30-20-9-5-6-10-28-22(20)24(31-25)29-14-16-7-3-2-4-8-16/h2-4,7-8,11-13,28H,5-6,9-10,14H2,1H3,(H2,27,33)(H,29,30,31). The molecule has 33 heavy (non-hydrogen) atoms. The van der Waals surface area contributed by atoms with Crippen molar-refractivity contribution in [3.8, 4) is 5.95 Å². The van der Waals surface area contributed by atoms with E-state index in [0.29, 0.717) is 29.2 Å². The minimum absolute atomic E-state index is 0.144. The molecule has 0 bridgehead atoms. The molecule has 0 atom stereocenters. The monoisotopic (exact) mass is 444 g/mol. The molecule has 4 aromatic rings. The van der Waals surface area contributed by atoms with Crippen LogP contribution in [0.1, 0.15) is 40.2 Å². The maximum atomic E-state index is 14.4. The highest BCUT2D eigenvalue weighted by molar-refractivity contribution is 6.06. The number of primary amides is 1. The first kappa shape index (κ1) is 20.9. The number of aryl methyl sites for hydroxylation is 2. The minimum Gasteiger partial charge on any atom is -0.381 e. The Bertz CT molecular complexity index is 1350. The molecular formula is C25H25FN6O. The summed E-state index contributed by atoms with van der Waals surface area (Å²) in [6.45, 7) is 3.35. The molecule has 5 rings (SSSR count). The highest BCUT2D eigenvalue weighted by atomic mass is 19.1. The molecule has 0 radical (unpaired) electrons. The van der Waals surface area contributed by atoms with E-state index in [4.69, 9.17) is 15.7 Å². The molecule has 4 N–H and O–H groups in total. The number of benzene rings is 2. The molecule has 0 fully saturated rings. The van der Waals surface area contributed by atoms with Gasteiger partial charge in [0, 0.05) is 24.2 Å². The van der Waals surface area contributed by atoms with E-state index in [2.05, 4.69) is 22.8 Å². The van der Waals surface area contributed by atoms with E-state index < -0.39 is 11.7 Å². The number of hydrogen-bond donors (Lipinski definition) is 3. The molecule has 0 saturated carbocycles. The average molecular weight is 445 g/mol. The lowest BCUT2D eigenvalue weighted by Gasteiger charge is -2.17. The molecule has 0 saturated heterocycles. The predicted molar refractivity (Wildman–Crippen MR) is 127 cm³/mol. The van der Waals surface area contributed by atoms with Crippen LogP contribution in [0.25, 0.3) is 16.9 Å². The molecule has 0 aliphatic carbocycles. The molecule has 168 valence electrons. The molecule has 8 heteroatoms. The number of amides is 1. The van der Waals surface area contributed by atoms with Crippen LogP contribution in [0.15, 0.2) is 48.5 Å². The van der Waals surface area contributed by atoms with Crippen LogP contribution in [0.5, 0.6) is 0 Å². The normalized spacial score (nSPS) is 13.3. The van der Waals surface area contributed by atoms with Crippen LogP contribution in [-0.2, 0) is 13.0 Å². The number of aromatic nitrogens is 3. The third-order valence-electron chi connectivity index (χ3n) is 5.95. The van der Waals surface area contributed by atoms with Gasteiger partial charge in [-0.3, -0.25) is 9.36 Å². The van der Waals surface area contributed by atoms with Gasteiger partial charge in [0.15, 0.2) is 5.82 Å². The number of carbonyl (C=O) groups excluding carboxylic acids is 1. The lowest BCUT2D eigenvalue weighted by Crippen LogP contribution is -2.14. The molecule has 3 heterocycles. The SMILES string of the molecule is Cc1cc2c(C(N)=O)cc(F)cc2n1-c1nc2c(c(NCc3ccccc3)n1)NCCCC2. The van der Waals surface area contributed by atoms with E-state index in [1.807, 2.05) is 31.2 Å². The van der Waals surface area contributed by atoms with E-state index in [9.17, 15) is 9.18 Å². The molecule has 1 aliphatic rings. The number of anilines is 2. The summed E-state index contributed by atoms with van der Waals surface area (Å²) in [5.41, 5.74) is 9.91. The summed E-state index contributed by atoms with van der Waals surface area (Å²) in [7, 11) is 0. The second kappa shape index (κ2) is 8.54. The summed E-state index contributed by atoms with van der Waals surface area (Å²) in [4.78, 5) is 21.6. The Labute approximate surface area is 190 Å². The Kier molecular flexibility index (Phi) is 5.42. The number of fused-ring (bicyclic) bond motifs is 2. The van der Waals surface area contributed by atoms with Crippen molar-refractivity contribution < 1.29 is 9.18 Å². The zero-order valence-corrected chi connectivity index (χ0v) is 18.4. The maximum Gasteiger partial charge on any atom is 0.249 e. The van der Waals surface area contributed by atoms with Crippen LogP contribution in [0.4, 0.5) is 15.9 Å². The van der Waals surface area contributed by atoms with Crippen LogP contribution < -0.4 is 16.4 Å². The summed E-state index contributed by atoms with van der Waals surface area (Å²) in [5.74, 6) is -0.0709. The van der Waals surface area contributed by atoms with Crippen molar-refractivity contribution in [2.24, 2.45) is 5.73 Å². The van der Waals surface area contributed by atoms with E-state index >= 15 is 0 Å². The summed E-state index contributed by atoms with van der Waals surface area (Å²) >= 11 is 0. The van der Waals surface area contributed by atoms with Crippen molar-refractivity contribution in [1.29, 1.82) is 0 Å². The quantitative estimate of drug-likeness (QED) is 0.426. The van der Waals surface area contributed by atoms with Gasteiger partial charge in [-0.15, -0.1) is 0 Å². The van der Waals surface area contributed by atoms with Gasteiger partial charge >= 0.3 is 0 Å². The molecule has 2 aromatic carbocycles. The van der Waals surface area contributed by atoms with E-state index in [0.717, 1.165) is 48.4 Å². The van der Waals surface area contributed by atoms with Gasteiger partial charge in [0.05, 0.1) is 22.5 Å². The highest BCUT2D eigenvalue weighted by Crippen LogP contribution is 2.32. The fourth-order valence-electron chi connectivity index (χ4n) is 4.37. The topological polar surface area (TPSA) is 97.9 Å². The Hall–Kier alpha value is -3.94. The second-order valence-electron chi connectivity index (χ2n) is 8.29. The van der Waals surface area contributed by atoms with Gasteiger partial charge in [-0.2, -0.15) is 4.98 Å². The third kappa shape index (κ3) is 4.00. The van der Waals surface area contributed by atoms with E-state index in [1.54, 1.807) is 4.57 Å². The Morgan fingerprint density at radius 1 is 1.18 bits per heavy atom. The van der Waals surface area contributed by atoms with Gasteiger partial charge < -0.3 is 16.4 Å². The number of hydrogen-bond acceptors (Lipinski definition) is 5. The van der Waals surface area contributed by atoms with Crippen LogP contribution in [0.2, 0.25) is 0 Å². The van der Waals surface area contributed by atoms with E-state index in [-0.39, 0.29) is 5.56 Å². The number of rotatable bonds is 5. The van der Waals surface area contributed by atoms with Crippen molar-refractivity contribution in [3.05, 3.63) is 76.9 Å². The largest absolute Gasteiger partial charge is 0.381 e. The Morgan fingerprint density at radius 3 is 2.79 bits per heavy atom. The number of nitrogens with one attached hydrogen (secondary N) is 2. The number of nitrogens with two attached hydrogens (primary N) is 1. The smallest absolute Gasteiger partial charge is 0.249 e. The van der Waals surface area contributed by atoms with Crippen molar-refractivity contribution in [2.45, 2.75) is 32.7 Å². The van der Waals surface area contributed by atoms with Crippen LogP contribution in [0, 0.1) is 12.7 Å². The van der Waals surface area contributed by atoms with Crippen LogP contribution in [0.3, 0.4) is 0 Å². The summed E-state index contributed by atoms with van der Waals surface area (Å²) in [6.07, 6.45) is 2.87. The zero-order valence-electron chi connectivity index (χ0n) is 18.4. The van der Waals surface area contributed by atoms with Crippen molar-refractivity contribution in [3.63, 3.8) is 0 Å². The summed E-state index contributed by atoms with van der Waals surface area (Å²) < 4.78 is 16.2. The molecule has 1 aliphatic heterocycles. The molecule has 7 nitrogen and oxygen atoms in total. The highest BCUT2D eigenvalue weighted by Gasteiger charge is 2.21. The van der Waals surface area contributed by atoms with Crippen molar-refractivity contribution in [1.82, 2.24) is 14.5 Å². The Morgan fingerprint density at radius 2 is 2.00 bits per heavy atom. The molecule has 1 amide bonds. The summed E-state index contributed by atoms with van der Waals surface area (Å²) in [6, 6.07) is 14.5. The van der Waals surface area contributed by atoms with Crippen LogP contribution in [-0.4, -0.2) is 27.0 Å². The first-order chi connectivity index (χ1) is 16.0. The minimum atomic E-state index is -0.672. The fourth-order valence-corrected chi connectivity index (χ4v) is 4.37. The first-order valence-corrected chi connectivity index (χ1v) is 11.1. The third-order valence-corrected chi connectivity index (χ3v) is 5.95. The maximum absolute atomic E-state index is 14.4. The van der Waals surface area contributed by atoms with Crippen LogP contribution >= 0.6 is 0 Å². The number of halogens is 1. The first-order valence-electron chi connectivity index (χ1n) is 11.1. The average Bonchev–Trinajstić information content (AvgIpc) is 2.96. The summed E-state index contributed by atoms with van der Waals surface area (Å²) in [5, 5.41) is 7.50. The molecule has 2 aromatic heterocycles. The predicted octanol–water partition coefficient (Wildman–Crippen LogP) is 4.33. The molecule has 0 unspecified atom stereocenters. The number of carbonyl (C=O) groups is 1. The van der Waals surface area contributed by atoms with Gasteiger partial charge in [-0.25, -0.2) is 9.37 Å². The van der Waals surface area contributed by atoms with Gasteiger partial charge in [-0.1, -0.05) is 30.3 Å². The van der Waals surface area contributed by atoms with Crippen molar-refractivity contribution >= 4 is 28.3 Å². The number of nitrogens with zero attached hydrogens (tertiary/aromatic N) is 3. The zero-order chi connectivity index (χ0) is 22.9. The second-order valence-corrected chi connectivity index (χ2v) is 8.29. The van der Waals surface area contributed by atoms with E-state index in [1.165, 1.54) is 12.1 Å². The molecule has 0 spiro atoms. The Balaban J connectivity index is 1.66. The van der Waals surface area contributed by atoms with Gasteiger partial charge in [0.25, 0.3) is 0 Å². The molecular weight excluding hydrogens is 419 g/mol. The lowest BCUT2D eigenvalue weighted by molar-refractivity contribution is 0.100.